The number of hydrogen-bond donors (Lipinski definition) is 1. The summed E-state index contributed by atoms with van der Waals surface area (Å²) in [5.41, 5.74) is 0. The Balaban J connectivity index is 0.00000144. The highest BCUT2D eigenvalue weighted by Gasteiger charge is 2.08. The minimum Gasteiger partial charge on any atom is -0.468 e. The first kappa shape index (κ1) is 17.7. The lowest BCUT2D eigenvalue weighted by Crippen LogP contribution is -2.37. The van der Waals surface area contributed by atoms with E-state index in [4.69, 9.17) is 9.15 Å². The molecule has 0 spiro atoms. The summed E-state index contributed by atoms with van der Waals surface area (Å²) < 4.78 is 10.5. The molecule has 6 heteroatoms. The normalized spacial score (nSPS) is 15.8. The Morgan fingerprint density at radius 1 is 1.22 bits per heavy atom. The summed E-state index contributed by atoms with van der Waals surface area (Å²) in [6.45, 7) is 6.97. The van der Waals surface area contributed by atoms with Crippen molar-refractivity contribution in [3.63, 3.8) is 0 Å². The van der Waals surface area contributed by atoms with E-state index >= 15 is 0 Å². The highest BCUT2D eigenvalue weighted by atomic mass is 35.5. The van der Waals surface area contributed by atoms with Crippen molar-refractivity contribution < 1.29 is 9.15 Å². The summed E-state index contributed by atoms with van der Waals surface area (Å²) in [6, 6.07) is 3.92. The monoisotopic (exact) mass is 296 g/mol. The maximum atomic E-state index is 5.31. The molecule has 2 rings (SSSR count). The largest absolute Gasteiger partial charge is 0.468 e. The maximum Gasteiger partial charge on any atom is 0.117 e. The van der Waals surface area contributed by atoms with E-state index in [0.717, 1.165) is 51.7 Å². The standard InChI is InChI=1S/C12H20N2O2.2ClH/c1-3-12(16-8-1)11-13-4-2-5-14-6-9-15-10-7-14;;/h1,3,8,13H,2,4-7,9-11H2;2*1H. The van der Waals surface area contributed by atoms with Gasteiger partial charge in [0.1, 0.15) is 5.76 Å². The molecule has 4 nitrogen and oxygen atoms in total. The van der Waals surface area contributed by atoms with Crippen LogP contribution in [0.2, 0.25) is 0 Å². The minimum absolute atomic E-state index is 0. The third-order valence-corrected chi connectivity index (χ3v) is 2.81. The summed E-state index contributed by atoms with van der Waals surface area (Å²) in [4.78, 5) is 2.46. The summed E-state index contributed by atoms with van der Waals surface area (Å²) in [6.07, 6.45) is 2.89. The number of nitrogens with one attached hydrogen (secondary N) is 1. The number of hydrogen-bond acceptors (Lipinski definition) is 4. The molecule has 1 fully saturated rings. The van der Waals surface area contributed by atoms with E-state index in [0.29, 0.717) is 0 Å². The van der Waals surface area contributed by atoms with Crippen molar-refractivity contribution in [3.05, 3.63) is 24.2 Å². The smallest absolute Gasteiger partial charge is 0.117 e. The Morgan fingerprint density at radius 2 is 2.00 bits per heavy atom. The van der Waals surface area contributed by atoms with Crippen LogP contribution < -0.4 is 5.32 Å². The van der Waals surface area contributed by atoms with Gasteiger partial charge in [0.25, 0.3) is 0 Å². The zero-order chi connectivity index (χ0) is 11.1. The van der Waals surface area contributed by atoms with E-state index in [1.807, 2.05) is 12.1 Å². The molecular formula is C12H22Cl2N2O2. The van der Waals surface area contributed by atoms with Gasteiger partial charge in [-0.15, -0.1) is 24.8 Å². The summed E-state index contributed by atoms with van der Waals surface area (Å²) in [5, 5.41) is 3.38. The van der Waals surface area contributed by atoms with Crippen LogP contribution in [0.3, 0.4) is 0 Å². The van der Waals surface area contributed by atoms with Crippen molar-refractivity contribution in [2.24, 2.45) is 0 Å². The van der Waals surface area contributed by atoms with E-state index in [2.05, 4.69) is 10.2 Å². The van der Waals surface area contributed by atoms with Crippen molar-refractivity contribution in [2.75, 3.05) is 39.4 Å². The summed E-state index contributed by atoms with van der Waals surface area (Å²) in [5.74, 6) is 1.01. The second-order valence-corrected chi connectivity index (χ2v) is 4.06. The third-order valence-electron chi connectivity index (χ3n) is 2.81. The Morgan fingerprint density at radius 3 is 2.67 bits per heavy atom. The SMILES string of the molecule is Cl.Cl.c1coc(CNCCCN2CCOCC2)c1. The van der Waals surface area contributed by atoms with Crippen molar-refractivity contribution in [1.82, 2.24) is 10.2 Å². The Hall–Kier alpha value is -0.260. The lowest BCUT2D eigenvalue weighted by atomic mass is 10.3. The zero-order valence-electron chi connectivity index (χ0n) is 10.5. The minimum atomic E-state index is 0. The molecule has 1 N–H and O–H groups in total. The number of rotatable bonds is 6. The molecule has 1 aliphatic heterocycles. The van der Waals surface area contributed by atoms with Crippen molar-refractivity contribution in [2.45, 2.75) is 13.0 Å². The maximum absolute atomic E-state index is 5.31. The van der Waals surface area contributed by atoms with Gasteiger partial charge in [-0.3, -0.25) is 4.90 Å². The first-order valence-corrected chi connectivity index (χ1v) is 5.98. The summed E-state index contributed by atoms with van der Waals surface area (Å²) in [7, 11) is 0. The van der Waals surface area contributed by atoms with Gasteiger partial charge in [0.05, 0.1) is 26.0 Å². The Kier molecular flexibility index (Phi) is 10.5. The molecule has 1 aliphatic rings. The van der Waals surface area contributed by atoms with Gasteiger partial charge in [-0.1, -0.05) is 0 Å². The Bertz CT molecular complexity index is 278. The number of halogens is 2. The van der Waals surface area contributed by atoms with Crippen LogP contribution in [0.1, 0.15) is 12.2 Å². The summed E-state index contributed by atoms with van der Waals surface area (Å²) >= 11 is 0. The highest BCUT2D eigenvalue weighted by molar-refractivity contribution is 5.85. The van der Waals surface area contributed by atoms with Gasteiger partial charge in [-0.2, -0.15) is 0 Å². The van der Waals surface area contributed by atoms with Gasteiger partial charge in [-0.25, -0.2) is 0 Å². The third kappa shape index (κ3) is 6.61. The average Bonchev–Trinajstić information content (AvgIpc) is 2.83. The molecular weight excluding hydrogens is 275 g/mol. The fourth-order valence-corrected chi connectivity index (χ4v) is 1.88. The molecule has 0 aromatic carbocycles. The van der Waals surface area contributed by atoms with Gasteiger partial charge >= 0.3 is 0 Å². The highest BCUT2D eigenvalue weighted by Crippen LogP contribution is 1.99. The van der Waals surface area contributed by atoms with Crippen molar-refractivity contribution >= 4 is 24.8 Å². The lowest BCUT2D eigenvalue weighted by Gasteiger charge is -2.26. The lowest BCUT2D eigenvalue weighted by molar-refractivity contribution is 0.0374. The first-order chi connectivity index (χ1) is 7.95. The topological polar surface area (TPSA) is 37.6 Å². The van der Waals surface area contributed by atoms with E-state index in [1.165, 1.54) is 6.42 Å². The van der Waals surface area contributed by atoms with Crippen LogP contribution in [0.15, 0.2) is 22.8 Å². The average molecular weight is 297 g/mol. The van der Waals surface area contributed by atoms with Crippen LogP contribution in [0.5, 0.6) is 0 Å². The Labute approximate surface area is 121 Å². The van der Waals surface area contributed by atoms with Gasteiger partial charge in [0.2, 0.25) is 0 Å². The molecule has 1 aromatic rings. The molecule has 106 valence electrons. The van der Waals surface area contributed by atoms with Crippen LogP contribution in [-0.4, -0.2) is 44.3 Å². The van der Waals surface area contributed by atoms with Crippen LogP contribution in [0, 0.1) is 0 Å². The molecule has 0 aliphatic carbocycles. The fraction of sp³-hybridized carbons (Fsp3) is 0.667. The van der Waals surface area contributed by atoms with E-state index in [-0.39, 0.29) is 24.8 Å². The predicted molar refractivity (Wildman–Crippen MR) is 76.8 cm³/mol. The van der Waals surface area contributed by atoms with Gasteiger partial charge in [0, 0.05) is 13.1 Å². The van der Waals surface area contributed by atoms with Crippen molar-refractivity contribution in [1.29, 1.82) is 0 Å². The zero-order valence-corrected chi connectivity index (χ0v) is 12.1. The van der Waals surface area contributed by atoms with Crippen LogP contribution in [0.25, 0.3) is 0 Å². The second kappa shape index (κ2) is 10.6. The van der Waals surface area contributed by atoms with Crippen molar-refractivity contribution in [3.8, 4) is 0 Å². The van der Waals surface area contributed by atoms with Gasteiger partial charge < -0.3 is 14.5 Å². The second-order valence-electron chi connectivity index (χ2n) is 4.06. The molecule has 0 bridgehead atoms. The number of furan rings is 1. The van der Waals surface area contributed by atoms with Gasteiger partial charge in [-0.05, 0) is 31.6 Å². The van der Waals surface area contributed by atoms with Crippen LogP contribution in [0.4, 0.5) is 0 Å². The molecule has 0 amide bonds. The van der Waals surface area contributed by atoms with E-state index in [1.54, 1.807) is 6.26 Å². The van der Waals surface area contributed by atoms with Crippen LogP contribution >= 0.6 is 24.8 Å². The number of morpholine rings is 1. The van der Waals surface area contributed by atoms with Crippen LogP contribution in [-0.2, 0) is 11.3 Å². The molecule has 1 saturated heterocycles. The number of ether oxygens (including phenoxy) is 1. The molecule has 2 heterocycles. The fourth-order valence-electron chi connectivity index (χ4n) is 1.88. The first-order valence-electron chi connectivity index (χ1n) is 5.98. The molecule has 18 heavy (non-hydrogen) atoms. The molecule has 0 atom stereocenters. The van der Waals surface area contributed by atoms with E-state index < -0.39 is 0 Å². The molecule has 0 radical (unpaired) electrons. The number of nitrogens with zero attached hydrogens (tertiary/aromatic N) is 1. The molecule has 0 unspecified atom stereocenters. The molecule has 1 aromatic heterocycles. The predicted octanol–water partition coefficient (Wildman–Crippen LogP) is 1.94. The van der Waals surface area contributed by atoms with Gasteiger partial charge in [0.15, 0.2) is 0 Å². The quantitative estimate of drug-likeness (QED) is 0.814. The van der Waals surface area contributed by atoms with E-state index in [9.17, 15) is 0 Å². The molecule has 0 saturated carbocycles.